The van der Waals surface area contributed by atoms with E-state index in [1.807, 2.05) is 36.3 Å². The molecule has 7 nitrogen and oxygen atoms in total. The van der Waals surface area contributed by atoms with Crippen LogP contribution in [0.2, 0.25) is 0 Å². The lowest BCUT2D eigenvalue weighted by Gasteiger charge is -2.18. The first-order valence-corrected chi connectivity index (χ1v) is 7.52. The van der Waals surface area contributed by atoms with Crippen LogP contribution >= 0.6 is 0 Å². The van der Waals surface area contributed by atoms with Crippen molar-refractivity contribution in [2.45, 2.75) is 13.1 Å². The molecule has 0 radical (unpaired) electrons. The van der Waals surface area contributed by atoms with Gasteiger partial charge in [0.15, 0.2) is 11.5 Å². The molecule has 0 saturated heterocycles. The van der Waals surface area contributed by atoms with Crippen LogP contribution in [0.25, 0.3) is 0 Å². The first kappa shape index (κ1) is 15.7. The van der Waals surface area contributed by atoms with E-state index < -0.39 is 5.91 Å². The number of carbonyl (C=O) groups excluding carboxylic acids is 1. The van der Waals surface area contributed by atoms with Gasteiger partial charge in [0, 0.05) is 26.0 Å². The Kier molecular flexibility index (Phi) is 4.51. The van der Waals surface area contributed by atoms with E-state index >= 15 is 0 Å². The highest BCUT2D eigenvalue weighted by molar-refractivity contribution is 5.90. The van der Waals surface area contributed by atoms with Crippen molar-refractivity contribution in [3.8, 4) is 0 Å². The highest BCUT2D eigenvalue weighted by atomic mass is 16.1. The summed E-state index contributed by atoms with van der Waals surface area (Å²) in [5, 5.41) is 7.86. The zero-order valence-corrected chi connectivity index (χ0v) is 13.3. The molecule has 7 heteroatoms. The molecule has 3 rings (SSSR count). The first-order chi connectivity index (χ1) is 11.6. The Morgan fingerprint density at radius 3 is 2.62 bits per heavy atom. The number of aromatic nitrogens is 4. The number of nitrogens with zero attached hydrogens (tertiary/aromatic N) is 5. The molecule has 0 atom stereocenters. The van der Waals surface area contributed by atoms with E-state index in [1.54, 1.807) is 18.3 Å². The lowest BCUT2D eigenvalue weighted by molar-refractivity contribution is 0.0994. The van der Waals surface area contributed by atoms with E-state index in [9.17, 15) is 4.79 Å². The highest BCUT2D eigenvalue weighted by Gasteiger charge is 2.10. The molecule has 0 fully saturated rings. The Bertz CT molecular complexity index is 813. The smallest absolute Gasteiger partial charge is 0.269 e. The lowest BCUT2D eigenvalue weighted by atomic mass is 10.2. The van der Waals surface area contributed by atoms with E-state index in [0.29, 0.717) is 12.4 Å². The normalized spacial score (nSPS) is 10.5. The summed E-state index contributed by atoms with van der Waals surface area (Å²) in [7, 11) is 1.90. The van der Waals surface area contributed by atoms with Crippen molar-refractivity contribution in [2.75, 3.05) is 11.9 Å². The number of hydrogen-bond acceptors (Lipinski definition) is 5. The molecule has 0 aliphatic heterocycles. The summed E-state index contributed by atoms with van der Waals surface area (Å²) in [4.78, 5) is 17.4. The summed E-state index contributed by atoms with van der Waals surface area (Å²) in [6, 6.07) is 13.5. The summed E-state index contributed by atoms with van der Waals surface area (Å²) >= 11 is 0. The van der Waals surface area contributed by atoms with Gasteiger partial charge in [-0.3, -0.25) is 4.79 Å². The fourth-order valence-electron chi connectivity index (χ4n) is 2.37. The predicted molar refractivity (Wildman–Crippen MR) is 90.4 cm³/mol. The Morgan fingerprint density at radius 1 is 1.17 bits per heavy atom. The maximum Gasteiger partial charge on any atom is 0.269 e. The van der Waals surface area contributed by atoms with Crippen molar-refractivity contribution in [2.24, 2.45) is 5.73 Å². The van der Waals surface area contributed by atoms with Crippen molar-refractivity contribution in [1.29, 1.82) is 0 Å². The summed E-state index contributed by atoms with van der Waals surface area (Å²) < 4.78 is 2.09. The monoisotopic (exact) mass is 322 g/mol. The lowest BCUT2D eigenvalue weighted by Crippen LogP contribution is -2.22. The quantitative estimate of drug-likeness (QED) is 0.742. The van der Waals surface area contributed by atoms with Crippen LogP contribution < -0.4 is 10.6 Å². The average molecular weight is 322 g/mol. The second kappa shape index (κ2) is 6.91. The topological polar surface area (TPSA) is 89.9 Å². The van der Waals surface area contributed by atoms with Gasteiger partial charge in [-0.25, -0.2) is 4.98 Å². The van der Waals surface area contributed by atoms with Gasteiger partial charge < -0.3 is 15.2 Å². The van der Waals surface area contributed by atoms with E-state index in [-0.39, 0.29) is 5.69 Å². The first-order valence-electron chi connectivity index (χ1n) is 7.52. The van der Waals surface area contributed by atoms with Crippen LogP contribution in [0.1, 0.15) is 21.9 Å². The van der Waals surface area contributed by atoms with Gasteiger partial charge in [0.25, 0.3) is 5.91 Å². The second-order valence-electron chi connectivity index (χ2n) is 5.45. The Morgan fingerprint density at radius 2 is 1.96 bits per heavy atom. The van der Waals surface area contributed by atoms with Crippen LogP contribution in [0.3, 0.4) is 0 Å². The van der Waals surface area contributed by atoms with Crippen molar-refractivity contribution >= 4 is 11.7 Å². The van der Waals surface area contributed by atoms with E-state index in [4.69, 9.17) is 5.73 Å². The molecule has 0 bridgehead atoms. The highest BCUT2D eigenvalue weighted by Crippen LogP contribution is 2.12. The predicted octanol–water partition coefficient (Wildman–Crippen LogP) is 1.46. The number of rotatable bonds is 6. The molecule has 1 aromatic carbocycles. The van der Waals surface area contributed by atoms with Gasteiger partial charge in [-0.05, 0) is 17.7 Å². The average Bonchev–Trinajstić information content (AvgIpc) is 3.02. The summed E-state index contributed by atoms with van der Waals surface area (Å²) in [6.45, 7) is 1.33. The molecule has 24 heavy (non-hydrogen) atoms. The molecule has 0 spiro atoms. The van der Waals surface area contributed by atoms with Gasteiger partial charge in [0.05, 0.1) is 6.54 Å². The summed E-state index contributed by atoms with van der Waals surface area (Å²) in [6.07, 6.45) is 3.74. The van der Waals surface area contributed by atoms with Gasteiger partial charge in [-0.1, -0.05) is 30.3 Å². The second-order valence-corrected chi connectivity index (χ2v) is 5.45. The van der Waals surface area contributed by atoms with Crippen LogP contribution in [-0.2, 0) is 13.1 Å². The van der Waals surface area contributed by atoms with Crippen LogP contribution in [0, 0.1) is 0 Å². The number of anilines is 1. The number of nitrogens with two attached hydrogens (primary N) is 1. The van der Waals surface area contributed by atoms with Crippen molar-refractivity contribution in [3.05, 3.63) is 71.9 Å². The third-order valence-electron chi connectivity index (χ3n) is 3.67. The molecule has 0 unspecified atom stereocenters. The van der Waals surface area contributed by atoms with E-state index in [0.717, 1.165) is 12.4 Å². The van der Waals surface area contributed by atoms with Gasteiger partial charge in [0.1, 0.15) is 5.82 Å². The molecule has 2 aromatic heterocycles. The minimum absolute atomic E-state index is 0.151. The Labute approximate surface area is 139 Å². The van der Waals surface area contributed by atoms with Crippen molar-refractivity contribution in [3.63, 3.8) is 0 Å². The van der Waals surface area contributed by atoms with Crippen LogP contribution in [-0.4, -0.2) is 32.7 Å². The van der Waals surface area contributed by atoms with Crippen LogP contribution in [0.5, 0.6) is 0 Å². The number of carbonyl (C=O) groups is 1. The molecule has 2 N–H and O–H groups in total. The Balaban J connectivity index is 1.72. The molecule has 2 heterocycles. The molecule has 0 aliphatic carbocycles. The SMILES string of the molecule is CN(Cc1nccn1Cc1ccccc1)c1ccc(C(N)=O)nn1. The molecular formula is C17H18N6O. The summed E-state index contributed by atoms with van der Waals surface area (Å²) in [5.74, 6) is 0.978. The maximum atomic E-state index is 11.0. The van der Waals surface area contributed by atoms with E-state index in [1.165, 1.54) is 5.56 Å². The minimum atomic E-state index is -0.588. The van der Waals surface area contributed by atoms with Gasteiger partial charge in [0.2, 0.25) is 0 Å². The number of benzene rings is 1. The molecular weight excluding hydrogens is 304 g/mol. The molecule has 1 amide bonds. The Hall–Kier alpha value is -3.22. The minimum Gasteiger partial charge on any atom is -0.364 e. The molecule has 0 aliphatic rings. The van der Waals surface area contributed by atoms with Crippen LogP contribution in [0.4, 0.5) is 5.82 Å². The number of primary amides is 1. The van der Waals surface area contributed by atoms with E-state index in [2.05, 4.69) is 31.9 Å². The molecule has 122 valence electrons. The zero-order valence-electron chi connectivity index (χ0n) is 13.3. The van der Waals surface area contributed by atoms with Gasteiger partial charge in [-0.15, -0.1) is 10.2 Å². The van der Waals surface area contributed by atoms with Crippen molar-refractivity contribution < 1.29 is 4.79 Å². The van der Waals surface area contributed by atoms with Crippen LogP contribution in [0.15, 0.2) is 54.9 Å². The maximum absolute atomic E-state index is 11.0. The zero-order chi connectivity index (χ0) is 16.9. The fraction of sp³-hybridized carbons (Fsp3) is 0.176. The largest absolute Gasteiger partial charge is 0.364 e. The standard InChI is InChI=1S/C17H18N6O/c1-22(15-8-7-14(17(18)24)20-21-15)12-16-19-9-10-23(16)11-13-5-3-2-4-6-13/h2-10H,11-12H2,1H3,(H2,18,24). The third kappa shape index (κ3) is 3.57. The number of imidazole rings is 1. The summed E-state index contributed by atoms with van der Waals surface area (Å²) in [5.41, 5.74) is 6.54. The van der Waals surface area contributed by atoms with Gasteiger partial charge in [-0.2, -0.15) is 0 Å². The number of amides is 1. The third-order valence-corrected chi connectivity index (χ3v) is 3.67. The fourth-order valence-corrected chi connectivity index (χ4v) is 2.37. The van der Waals surface area contributed by atoms with Gasteiger partial charge >= 0.3 is 0 Å². The number of hydrogen-bond donors (Lipinski definition) is 1. The molecule has 0 saturated carbocycles. The van der Waals surface area contributed by atoms with Crippen molar-refractivity contribution in [1.82, 2.24) is 19.7 Å². The molecule has 3 aromatic rings.